The predicted octanol–water partition coefficient (Wildman–Crippen LogP) is 0.682. The first-order valence-corrected chi connectivity index (χ1v) is 5.72. The van der Waals surface area contributed by atoms with Crippen LogP contribution in [0.1, 0.15) is 12.0 Å². The van der Waals surface area contributed by atoms with E-state index in [-0.39, 0.29) is 12.8 Å². The number of para-hydroxylation sites is 1. The minimum absolute atomic E-state index is 0.0177. The minimum atomic E-state index is -1.01. The maximum atomic E-state index is 11.1. The van der Waals surface area contributed by atoms with Crippen molar-refractivity contribution >= 4 is 5.97 Å². The SMILES string of the molecule is COc1ccccc1CC(CC(O)CO)C(=O)O. The highest BCUT2D eigenvalue weighted by Crippen LogP contribution is 2.23. The van der Waals surface area contributed by atoms with Crippen LogP contribution in [-0.4, -0.2) is 41.1 Å². The van der Waals surface area contributed by atoms with Crippen molar-refractivity contribution < 1.29 is 24.9 Å². The van der Waals surface area contributed by atoms with Crippen molar-refractivity contribution in [2.45, 2.75) is 18.9 Å². The van der Waals surface area contributed by atoms with E-state index in [0.29, 0.717) is 5.75 Å². The summed E-state index contributed by atoms with van der Waals surface area (Å²) >= 11 is 0. The zero-order valence-corrected chi connectivity index (χ0v) is 10.2. The Balaban J connectivity index is 2.80. The van der Waals surface area contributed by atoms with Crippen LogP contribution in [0.25, 0.3) is 0 Å². The van der Waals surface area contributed by atoms with E-state index in [1.54, 1.807) is 24.3 Å². The van der Waals surface area contributed by atoms with E-state index < -0.39 is 24.6 Å². The monoisotopic (exact) mass is 254 g/mol. The lowest BCUT2D eigenvalue weighted by Gasteiger charge is -2.16. The Kier molecular flexibility index (Phi) is 5.61. The van der Waals surface area contributed by atoms with Crippen LogP contribution in [0, 0.1) is 5.92 Å². The summed E-state index contributed by atoms with van der Waals surface area (Å²) < 4.78 is 5.15. The molecule has 5 nitrogen and oxygen atoms in total. The van der Waals surface area contributed by atoms with E-state index in [0.717, 1.165) is 5.56 Å². The van der Waals surface area contributed by atoms with Crippen LogP contribution in [0.5, 0.6) is 5.75 Å². The average Bonchev–Trinajstić information content (AvgIpc) is 2.38. The van der Waals surface area contributed by atoms with Crippen molar-refractivity contribution in [3.8, 4) is 5.75 Å². The molecule has 5 heteroatoms. The van der Waals surface area contributed by atoms with E-state index in [9.17, 15) is 9.90 Å². The first-order chi connectivity index (χ1) is 8.58. The summed E-state index contributed by atoms with van der Waals surface area (Å²) in [5, 5.41) is 27.2. The molecule has 0 radical (unpaired) electrons. The van der Waals surface area contributed by atoms with Crippen molar-refractivity contribution in [3.63, 3.8) is 0 Å². The highest BCUT2D eigenvalue weighted by atomic mass is 16.5. The number of rotatable bonds is 7. The van der Waals surface area contributed by atoms with Gasteiger partial charge in [-0.3, -0.25) is 4.79 Å². The topological polar surface area (TPSA) is 87.0 Å². The van der Waals surface area contributed by atoms with Crippen molar-refractivity contribution in [3.05, 3.63) is 29.8 Å². The Morgan fingerprint density at radius 1 is 1.39 bits per heavy atom. The molecular formula is C13H18O5. The molecule has 0 fully saturated rings. The molecular weight excluding hydrogens is 236 g/mol. The number of aliphatic hydroxyl groups is 2. The number of methoxy groups -OCH3 is 1. The van der Waals surface area contributed by atoms with Crippen LogP contribution >= 0.6 is 0 Å². The van der Waals surface area contributed by atoms with Gasteiger partial charge < -0.3 is 20.1 Å². The fourth-order valence-corrected chi connectivity index (χ4v) is 1.81. The third kappa shape index (κ3) is 4.01. The van der Waals surface area contributed by atoms with Crippen molar-refractivity contribution in [2.75, 3.05) is 13.7 Å². The van der Waals surface area contributed by atoms with Crippen LogP contribution in [-0.2, 0) is 11.2 Å². The molecule has 0 aliphatic heterocycles. The molecule has 100 valence electrons. The lowest BCUT2D eigenvalue weighted by atomic mass is 9.93. The van der Waals surface area contributed by atoms with E-state index in [1.807, 2.05) is 0 Å². The van der Waals surface area contributed by atoms with Gasteiger partial charge in [0, 0.05) is 0 Å². The molecule has 1 aromatic rings. The normalized spacial score (nSPS) is 13.9. The van der Waals surface area contributed by atoms with E-state index in [1.165, 1.54) is 7.11 Å². The molecule has 2 atom stereocenters. The molecule has 1 rings (SSSR count). The summed E-state index contributed by atoms with van der Waals surface area (Å²) in [4.78, 5) is 11.1. The summed E-state index contributed by atoms with van der Waals surface area (Å²) in [5.74, 6) is -1.11. The molecule has 0 saturated carbocycles. The fraction of sp³-hybridized carbons (Fsp3) is 0.462. The maximum absolute atomic E-state index is 11.1. The second-order valence-corrected chi connectivity index (χ2v) is 4.12. The van der Waals surface area contributed by atoms with E-state index >= 15 is 0 Å². The number of hydrogen-bond donors (Lipinski definition) is 3. The molecule has 0 aliphatic carbocycles. The van der Waals surface area contributed by atoms with Crippen LogP contribution < -0.4 is 4.74 Å². The second-order valence-electron chi connectivity index (χ2n) is 4.12. The quantitative estimate of drug-likeness (QED) is 0.666. The zero-order valence-electron chi connectivity index (χ0n) is 10.2. The Morgan fingerprint density at radius 3 is 2.61 bits per heavy atom. The second kappa shape index (κ2) is 6.98. The molecule has 0 amide bonds. The smallest absolute Gasteiger partial charge is 0.306 e. The Hall–Kier alpha value is -1.59. The number of carboxylic acids is 1. The van der Waals surface area contributed by atoms with Gasteiger partial charge in [0.25, 0.3) is 0 Å². The van der Waals surface area contributed by atoms with Gasteiger partial charge in [-0.15, -0.1) is 0 Å². The van der Waals surface area contributed by atoms with Gasteiger partial charge in [-0.25, -0.2) is 0 Å². The largest absolute Gasteiger partial charge is 0.496 e. The number of aliphatic hydroxyl groups excluding tert-OH is 2. The summed E-state index contributed by atoms with van der Waals surface area (Å²) in [5.41, 5.74) is 0.775. The highest BCUT2D eigenvalue weighted by molar-refractivity contribution is 5.70. The summed E-state index contributed by atoms with van der Waals surface area (Å²) in [6.07, 6.45) is -0.735. The highest BCUT2D eigenvalue weighted by Gasteiger charge is 2.22. The molecule has 3 N–H and O–H groups in total. The number of hydrogen-bond acceptors (Lipinski definition) is 4. The first-order valence-electron chi connectivity index (χ1n) is 5.72. The summed E-state index contributed by atoms with van der Waals surface area (Å²) in [6, 6.07) is 7.16. The maximum Gasteiger partial charge on any atom is 0.306 e. The van der Waals surface area contributed by atoms with Crippen LogP contribution in [0.2, 0.25) is 0 Å². The van der Waals surface area contributed by atoms with Gasteiger partial charge in [-0.05, 0) is 24.5 Å². The number of carbonyl (C=O) groups is 1. The van der Waals surface area contributed by atoms with Gasteiger partial charge in [0.05, 0.1) is 25.7 Å². The lowest BCUT2D eigenvalue weighted by molar-refractivity contribution is -0.143. The lowest BCUT2D eigenvalue weighted by Crippen LogP contribution is -2.25. The number of aliphatic carboxylic acids is 1. The number of ether oxygens (including phenoxy) is 1. The van der Waals surface area contributed by atoms with Gasteiger partial charge in [-0.2, -0.15) is 0 Å². The molecule has 0 bridgehead atoms. The van der Waals surface area contributed by atoms with Crippen LogP contribution in [0.15, 0.2) is 24.3 Å². The van der Waals surface area contributed by atoms with Gasteiger partial charge in [0.15, 0.2) is 0 Å². The van der Waals surface area contributed by atoms with Crippen molar-refractivity contribution in [2.24, 2.45) is 5.92 Å². The molecule has 2 unspecified atom stereocenters. The standard InChI is InChI=1S/C13H18O5/c1-18-12-5-3-2-4-9(12)6-10(13(16)17)7-11(15)8-14/h2-5,10-11,14-15H,6-8H2,1H3,(H,16,17). The predicted molar refractivity (Wildman–Crippen MR) is 65.5 cm³/mol. The van der Waals surface area contributed by atoms with Crippen LogP contribution in [0.4, 0.5) is 0 Å². The third-order valence-electron chi connectivity index (χ3n) is 2.78. The van der Waals surface area contributed by atoms with Crippen molar-refractivity contribution in [1.29, 1.82) is 0 Å². The van der Waals surface area contributed by atoms with Gasteiger partial charge >= 0.3 is 5.97 Å². The number of benzene rings is 1. The van der Waals surface area contributed by atoms with Gasteiger partial charge in [0.1, 0.15) is 5.75 Å². The first kappa shape index (κ1) is 14.5. The molecule has 0 saturated heterocycles. The molecule has 0 spiro atoms. The Bertz CT molecular complexity index is 391. The van der Waals surface area contributed by atoms with Gasteiger partial charge in [0.2, 0.25) is 0 Å². The fourth-order valence-electron chi connectivity index (χ4n) is 1.81. The minimum Gasteiger partial charge on any atom is -0.496 e. The Morgan fingerprint density at radius 2 is 2.06 bits per heavy atom. The molecule has 0 aromatic heterocycles. The summed E-state index contributed by atoms with van der Waals surface area (Å²) in [6.45, 7) is -0.435. The summed E-state index contributed by atoms with van der Waals surface area (Å²) in [7, 11) is 1.52. The van der Waals surface area contributed by atoms with E-state index in [2.05, 4.69) is 0 Å². The van der Waals surface area contributed by atoms with Crippen LogP contribution in [0.3, 0.4) is 0 Å². The Labute approximate surface area is 106 Å². The van der Waals surface area contributed by atoms with E-state index in [4.69, 9.17) is 14.9 Å². The zero-order chi connectivity index (χ0) is 13.5. The number of carboxylic acid groups (broad SMARTS) is 1. The molecule has 0 aliphatic rings. The molecule has 18 heavy (non-hydrogen) atoms. The van der Waals surface area contributed by atoms with Crippen molar-refractivity contribution in [1.82, 2.24) is 0 Å². The average molecular weight is 254 g/mol. The van der Waals surface area contributed by atoms with Gasteiger partial charge in [-0.1, -0.05) is 18.2 Å². The molecule has 1 aromatic carbocycles. The molecule has 0 heterocycles. The third-order valence-corrected chi connectivity index (χ3v) is 2.78.